The van der Waals surface area contributed by atoms with Gasteiger partial charge in [-0.2, -0.15) is 5.10 Å². The van der Waals surface area contributed by atoms with Crippen molar-refractivity contribution >= 4 is 17.7 Å². The Morgan fingerprint density at radius 3 is 2.93 bits per heavy atom. The molecule has 0 aromatic carbocycles. The van der Waals surface area contributed by atoms with Gasteiger partial charge >= 0.3 is 12.0 Å². The predicted molar refractivity (Wildman–Crippen MR) is 108 cm³/mol. The third-order valence-corrected chi connectivity index (χ3v) is 6.30. The minimum absolute atomic E-state index is 0.0417. The summed E-state index contributed by atoms with van der Waals surface area (Å²) in [5.41, 5.74) is 1.85. The van der Waals surface area contributed by atoms with Gasteiger partial charge in [0.05, 0.1) is 23.0 Å². The molecule has 8 nitrogen and oxygen atoms in total. The maximum atomic E-state index is 12.9. The number of hydrogen-bond acceptors (Lipinski definition) is 4. The molecule has 2 aliphatic rings. The van der Waals surface area contributed by atoms with Crippen molar-refractivity contribution in [1.29, 1.82) is 0 Å². The van der Waals surface area contributed by atoms with Crippen molar-refractivity contribution in [2.45, 2.75) is 46.0 Å². The third kappa shape index (κ3) is 3.36. The summed E-state index contributed by atoms with van der Waals surface area (Å²) in [4.78, 5) is 30.9. The minimum atomic E-state index is -0.779. The second-order valence-corrected chi connectivity index (χ2v) is 8.22. The molecule has 1 aliphatic carbocycles. The summed E-state index contributed by atoms with van der Waals surface area (Å²) in [6.45, 7) is 4.84. The number of nitrogens with zero attached hydrogens (tertiary/aromatic N) is 4. The Labute approximate surface area is 169 Å². The first-order chi connectivity index (χ1) is 13.9. The highest BCUT2D eigenvalue weighted by molar-refractivity contribution is 5.91. The number of carboxylic acid groups (broad SMARTS) is 1. The van der Waals surface area contributed by atoms with Gasteiger partial charge in [-0.1, -0.05) is 19.8 Å². The fourth-order valence-electron chi connectivity index (χ4n) is 4.78. The number of carboxylic acids is 1. The van der Waals surface area contributed by atoms with Gasteiger partial charge < -0.3 is 15.3 Å². The fraction of sp³-hybridized carbons (Fsp3) is 0.524. The molecule has 4 rings (SSSR count). The minimum Gasteiger partial charge on any atom is -0.481 e. The lowest BCUT2D eigenvalue weighted by molar-refractivity contribution is -0.149. The number of amides is 2. The summed E-state index contributed by atoms with van der Waals surface area (Å²) in [7, 11) is 0. The molecule has 8 heteroatoms. The Hall–Kier alpha value is -2.90. The molecule has 0 radical (unpaired) electrons. The SMILES string of the molecule is CCCc1c(NC(=O)N2C[C@@H]3CCC[C@@]3(C(=O)O)C2)cnn1-c1cc(C)ccn1. The van der Waals surface area contributed by atoms with Crippen molar-refractivity contribution in [1.82, 2.24) is 19.7 Å². The molecule has 2 amide bonds. The lowest BCUT2D eigenvalue weighted by Gasteiger charge is -2.23. The van der Waals surface area contributed by atoms with Crippen LogP contribution in [0, 0.1) is 18.3 Å². The van der Waals surface area contributed by atoms with Crippen LogP contribution >= 0.6 is 0 Å². The van der Waals surface area contributed by atoms with Crippen LogP contribution in [0.3, 0.4) is 0 Å². The van der Waals surface area contributed by atoms with E-state index in [1.807, 2.05) is 19.1 Å². The zero-order valence-corrected chi connectivity index (χ0v) is 16.9. The number of pyridine rings is 1. The molecule has 29 heavy (non-hydrogen) atoms. The molecule has 1 saturated carbocycles. The highest BCUT2D eigenvalue weighted by Gasteiger charge is 2.55. The highest BCUT2D eigenvalue weighted by Crippen LogP contribution is 2.49. The van der Waals surface area contributed by atoms with E-state index in [-0.39, 0.29) is 18.5 Å². The number of hydrogen-bond donors (Lipinski definition) is 2. The average Bonchev–Trinajstić information content (AvgIpc) is 3.35. The van der Waals surface area contributed by atoms with Crippen LogP contribution in [0.2, 0.25) is 0 Å². The number of aliphatic carboxylic acids is 1. The monoisotopic (exact) mass is 397 g/mol. The van der Waals surface area contributed by atoms with Crippen molar-refractivity contribution in [3.05, 3.63) is 35.8 Å². The maximum Gasteiger partial charge on any atom is 0.321 e. The van der Waals surface area contributed by atoms with Crippen molar-refractivity contribution in [2.24, 2.45) is 11.3 Å². The topological polar surface area (TPSA) is 100 Å². The van der Waals surface area contributed by atoms with E-state index < -0.39 is 11.4 Å². The van der Waals surface area contributed by atoms with E-state index >= 15 is 0 Å². The van der Waals surface area contributed by atoms with Gasteiger partial charge in [0.25, 0.3) is 0 Å². The Kier molecular flexibility index (Phi) is 5.02. The van der Waals surface area contributed by atoms with E-state index in [4.69, 9.17) is 0 Å². The molecule has 2 fully saturated rings. The van der Waals surface area contributed by atoms with Crippen LogP contribution in [0.15, 0.2) is 24.5 Å². The normalized spacial score (nSPS) is 23.2. The second kappa shape index (κ2) is 7.50. The van der Waals surface area contributed by atoms with Gasteiger partial charge in [-0.25, -0.2) is 14.5 Å². The number of aryl methyl sites for hydroxylation is 1. The zero-order valence-electron chi connectivity index (χ0n) is 16.9. The zero-order chi connectivity index (χ0) is 20.6. The highest BCUT2D eigenvalue weighted by atomic mass is 16.4. The Morgan fingerprint density at radius 2 is 2.24 bits per heavy atom. The first-order valence-corrected chi connectivity index (χ1v) is 10.2. The summed E-state index contributed by atoms with van der Waals surface area (Å²) in [6.07, 6.45) is 7.47. The van der Waals surface area contributed by atoms with Crippen LogP contribution in [0.25, 0.3) is 5.82 Å². The number of nitrogens with one attached hydrogen (secondary N) is 1. The molecule has 1 aliphatic heterocycles. The van der Waals surface area contributed by atoms with Crippen molar-refractivity contribution < 1.29 is 14.7 Å². The smallest absolute Gasteiger partial charge is 0.321 e. The first-order valence-electron chi connectivity index (χ1n) is 10.2. The number of urea groups is 1. The van der Waals surface area contributed by atoms with Crippen molar-refractivity contribution in [3.8, 4) is 5.82 Å². The Balaban J connectivity index is 1.55. The number of aromatic nitrogens is 3. The number of carbonyl (C=O) groups excluding carboxylic acids is 1. The second-order valence-electron chi connectivity index (χ2n) is 8.22. The average molecular weight is 397 g/mol. The summed E-state index contributed by atoms with van der Waals surface area (Å²) in [6, 6.07) is 3.63. The van der Waals surface area contributed by atoms with E-state index in [2.05, 4.69) is 22.3 Å². The predicted octanol–water partition coefficient (Wildman–Crippen LogP) is 3.25. The third-order valence-electron chi connectivity index (χ3n) is 6.30. The van der Waals surface area contributed by atoms with E-state index in [1.54, 1.807) is 22.0 Å². The molecule has 0 bridgehead atoms. The van der Waals surface area contributed by atoms with Gasteiger partial charge in [0.15, 0.2) is 5.82 Å². The number of rotatable bonds is 5. The largest absolute Gasteiger partial charge is 0.481 e. The van der Waals surface area contributed by atoms with Crippen LogP contribution in [0.1, 0.15) is 43.9 Å². The number of fused-ring (bicyclic) bond motifs is 1. The number of carbonyl (C=O) groups is 2. The summed E-state index contributed by atoms with van der Waals surface area (Å²) in [5.74, 6) is -0.0186. The first kappa shape index (κ1) is 19.4. The van der Waals surface area contributed by atoms with E-state index in [1.165, 1.54) is 0 Å². The molecule has 3 heterocycles. The molecule has 2 aromatic rings. The van der Waals surface area contributed by atoms with E-state index in [0.29, 0.717) is 18.7 Å². The molecule has 2 atom stereocenters. The Bertz CT molecular complexity index is 940. The lowest BCUT2D eigenvalue weighted by Crippen LogP contribution is -2.38. The van der Waals surface area contributed by atoms with E-state index in [0.717, 1.165) is 42.8 Å². The van der Waals surface area contributed by atoms with Crippen LogP contribution < -0.4 is 5.32 Å². The van der Waals surface area contributed by atoms with Gasteiger partial charge in [-0.3, -0.25) is 4.79 Å². The van der Waals surface area contributed by atoms with Gasteiger partial charge in [0.2, 0.25) is 0 Å². The molecule has 2 aromatic heterocycles. The van der Waals surface area contributed by atoms with Crippen LogP contribution in [0.4, 0.5) is 10.5 Å². The van der Waals surface area contributed by atoms with Gasteiger partial charge in [-0.05, 0) is 49.8 Å². The molecule has 0 unspecified atom stereocenters. The Morgan fingerprint density at radius 1 is 1.41 bits per heavy atom. The number of anilines is 1. The fourth-order valence-corrected chi connectivity index (χ4v) is 4.78. The molecule has 0 spiro atoms. The van der Waals surface area contributed by atoms with Crippen LogP contribution in [-0.4, -0.2) is 49.9 Å². The molecular formula is C21H27N5O3. The molecular weight excluding hydrogens is 370 g/mol. The maximum absolute atomic E-state index is 12.9. The van der Waals surface area contributed by atoms with Gasteiger partial charge in [0.1, 0.15) is 0 Å². The number of likely N-dealkylation sites (tertiary alicyclic amines) is 1. The quantitative estimate of drug-likeness (QED) is 0.807. The summed E-state index contributed by atoms with van der Waals surface area (Å²) >= 11 is 0. The lowest BCUT2D eigenvalue weighted by atomic mass is 9.81. The summed E-state index contributed by atoms with van der Waals surface area (Å²) < 4.78 is 1.77. The standard InChI is InChI=1S/C21H27N5O3/c1-3-5-17-16(11-23-26(17)18-10-14(2)7-9-22-18)24-20(29)25-12-15-6-4-8-21(15,13-25)19(27)28/h7,9-11,15H,3-6,8,12-13H2,1-2H3,(H,24,29)(H,27,28)/t15-,21+/m0/s1. The van der Waals surface area contributed by atoms with Crippen LogP contribution in [0.5, 0.6) is 0 Å². The van der Waals surface area contributed by atoms with Gasteiger partial charge in [-0.15, -0.1) is 0 Å². The molecule has 154 valence electrons. The van der Waals surface area contributed by atoms with Crippen LogP contribution in [-0.2, 0) is 11.2 Å². The summed E-state index contributed by atoms with van der Waals surface area (Å²) in [5, 5.41) is 17.2. The van der Waals surface area contributed by atoms with Crippen molar-refractivity contribution in [3.63, 3.8) is 0 Å². The van der Waals surface area contributed by atoms with Crippen molar-refractivity contribution in [2.75, 3.05) is 18.4 Å². The molecule has 2 N–H and O–H groups in total. The van der Waals surface area contributed by atoms with Gasteiger partial charge in [0, 0.05) is 19.3 Å². The molecule has 1 saturated heterocycles. The van der Waals surface area contributed by atoms with E-state index in [9.17, 15) is 14.7 Å².